The number of hydrogen-bond acceptors (Lipinski definition) is 0. The fraction of sp³-hybridized carbons (Fsp3) is 1.00. The van der Waals surface area contributed by atoms with Crippen molar-refractivity contribution in [3.05, 3.63) is 0 Å². The molecule has 1 saturated carbocycles. The van der Waals surface area contributed by atoms with Gasteiger partial charge in [-0.25, -0.2) is 0 Å². The molecule has 1 fully saturated rings. The molecule has 0 bridgehead atoms. The molecule has 0 N–H and O–H groups in total. The molecule has 0 aromatic rings. The molecule has 7 heteroatoms. The van der Waals surface area contributed by atoms with Gasteiger partial charge in [0.1, 0.15) is 0 Å². The molecule has 0 aromatic carbocycles. The zero-order valence-corrected chi connectivity index (χ0v) is 13.5. The smallest absolute Gasteiger partial charge is 0.0693 e. The molecule has 1 aliphatic rings. The summed E-state index contributed by atoms with van der Waals surface area (Å²) < 4.78 is 0. The van der Waals surface area contributed by atoms with Crippen LogP contribution in [0, 0.1) is 0 Å². The van der Waals surface area contributed by atoms with E-state index < -0.39 is 32.3 Å². The zero-order chi connectivity index (χ0) is 11.5. The first-order chi connectivity index (χ1) is 6.46. The predicted molar refractivity (Wildman–Crippen MR) is 76.4 cm³/mol. The molecule has 1 aliphatic carbocycles. The zero-order valence-electron chi connectivity index (χ0n) is 8.14. The minimum absolute atomic E-state index is 0. The van der Waals surface area contributed by atoms with Crippen LogP contribution in [0.25, 0.3) is 0 Å². The van der Waals surface area contributed by atoms with Gasteiger partial charge in [0.2, 0.25) is 0 Å². The van der Waals surface area contributed by atoms with Crippen LogP contribution in [-0.4, -0.2) is 32.3 Å². The van der Waals surface area contributed by atoms with E-state index in [0.29, 0.717) is 0 Å². The van der Waals surface area contributed by atoms with Gasteiger partial charge in [0, 0.05) is 0 Å². The van der Waals surface area contributed by atoms with Gasteiger partial charge in [-0.05, 0) is 0 Å². The van der Waals surface area contributed by atoms with Crippen LogP contribution in [0.2, 0.25) is 0 Å². The lowest BCUT2D eigenvalue weighted by atomic mass is 9.97. The number of rotatable bonds is 0. The Balaban J connectivity index is 0. The van der Waals surface area contributed by atoms with Gasteiger partial charge >= 0.3 is 0 Å². The van der Waals surface area contributed by atoms with Crippen LogP contribution in [0.5, 0.6) is 0 Å². The third-order valence-electron chi connectivity index (χ3n) is 1.83. The lowest BCUT2D eigenvalue weighted by molar-refractivity contribution is 0.544. The molecule has 0 radical (unpaired) electrons. The van der Waals surface area contributed by atoms with Gasteiger partial charge in [0.05, 0.1) is 32.3 Å². The maximum atomic E-state index is 5.88. The second-order valence-electron chi connectivity index (χ2n) is 2.67. The van der Waals surface area contributed by atoms with Crippen molar-refractivity contribution in [1.82, 2.24) is 0 Å². The Kier molecular flexibility index (Phi) is 11.7. The van der Waals surface area contributed by atoms with Gasteiger partial charge in [-0.3, -0.25) is 0 Å². The summed E-state index contributed by atoms with van der Waals surface area (Å²) in [4.78, 5) is 0. The van der Waals surface area contributed by atoms with E-state index in [1.165, 1.54) is 0 Å². The van der Waals surface area contributed by atoms with E-state index in [1.807, 2.05) is 13.8 Å². The quantitative estimate of drug-likeness (QED) is 0.530. The molecule has 0 heterocycles. The molecular formula is C8H13Cl7. The Morgan fingerprint density at radius 3 is 0.600 bits per heavy atom. The monoisotopic (exact) mass is 354 g/mol. The summed E-state index contributed by atoms with van der Waals surface area (Å²) in [6.07, 6.45) is 0. The van der Waals surface area contributed by atoms with Crippen LogP contribution in [0.1, 0.15) is 13.8 Å². The van der Waals surface area contributed by atoms with E-state index in [2.05, 4.69) is 0 Å². The highest BCUT2D eigenvalue weighted by molar-refractivity contribution is 6.45. The molecule has 0 aliphatic heterocycles. The van der Waals surface area contributed by atoms with Crippen LogP contribution in [0.3, 0.4) is 0 Å². The van der Waals surface area contributed by atoms with Crippen molar-refractivity contribution >= 4 is 82.0 Å². The Hall–Kier alpha value is 2.03. The minimum atomic E-state index is -0.437. The van der Waals surface area contributed by atoms with Gasteiger partial charge in [-0.1, -0.05) is 13.8 Å². The summed E-state index contributed by atoms with van der Waals surface area (Å²) in [5, 5.41) is -2.62. The number of halogens is 7. The van der Waals surface area contributed by atoms with Gasteiger partial charge in [-0.15, -0.1) is 82.0 Å². The molecule has 0 aromatic heterocycles. The van der Waals surface area contributed by atoms with Crippen molar-refractivity contribution in [2.45, 2.75) is 46.1 Å². The van der Waals surface area contributed by atoms with Crippen LogP contribution >= 0.6 is 82.0 Å². The van der Waals surface area contributed by atoms with Crippen molar-refractivity contribution in [2.75, 3.05) is 0 Å². The van der Waals surface area contributed by atoms with Crippen molar-refractivity contribution in [3.8, 4) is 0 Å². The Morgan fingerprint density at radius 2 is 0.533 bits per heavy atom. The topological polar surface area (TPSA) is 0 Å². The Labute approximate surface area is 127 Å². The second kappa shape index (κ2) is 9.03. The summed E-state index contributed by atoms with van der Waals surface area (Å²) in [5.74, 6) is 0. The summed E-state index contributed by atoms with van der Waals surface area (Å²) in [5.41, 5.74) is 0. The third-order valence-corrected chi connectivity index (χ3v) is 5.86. The summed E-state index contributed by atoms with van der Waals surface area (Å²) >= 11 is 35.3. The maximum Gasteiger partial charge on any atom is 0.0693 e. The third kappa shape index (κ3) is 4.66. The summed E-state index contributed by atoms with van der Waals surface area (Å²) in [7, 11) is 0. The van der Waals surface area contributed by atoms with Crippen molar-refractivity contribution in [2.24, 2.45) is 0 Å². The van der Waals surface area contributed by atoms with E-state index in [1.54, 1.807) is 0 Å². The highest BCUT2D eigenvalue weighted by Crippen LogP contribution is 2.39. The average molecular weight is 357 g/mol. The van der Waals surface area contributed by atoms with E-state index in [4.69, 9.17) is 69.6 Å². The van der Waals surface area contributed by atoms with Crippen LogP contribution in [-0.2, 0) is 0 Å². The molecule has 94 valence electrons. The molecule has 1 rings (SSSR count). The molecule has 0 atom stereocenters. The first kappa shape index (κ1) is 19.4. The molecule has 0 nitrogen and oxygen atoms in total. The standard InChI is InChI=1S/C6H6Cl6.C2H6.ClH/c7-1-2(8)4(10)6(12)5(11)3(1)9;1-2;/h1-6H;1-2H3;1H/t1-,2-,3-,4+,5+,6+;;. The van der Waals surface area contributed by atoms with Crippen molar-refractivity contribution < 1.29 is 0 Å². The summed E-state index contributed by atoms with van der Waals surface area (Å²) in [6.45, 7) is 4.00. The maximum absolute atomic E-state index is 5.88. The van der Waals surface area contributed by atoms with Crippen LogP contribution in [0.15, 0.2) is 0 Å². The highest BCUT2D eigenvalue weighted by Gasteiger charge is 2.46. The fourth-order valence-electron chi connectivity index (χ4n) is 1.05. The summed E-state index contributed by atoms with van der Waals surface area (Å²) in [6, 6.07) is 0. The first-order valence-electron chi connectivity index (χ1n) is 4.31. The lowest BCUT2D eigenvalue weighted by Crippen LogP contribution is -2.52. The molecule has 0 saturated heterocycles. The van der Waals surface area contributed by atoms with Crippen LogP contribution in [0.4, 0.5) is 0 Å². The van der Waals surface area contributed by atoms with E-state index in [0.717, 1.165) is 0 Å². The average Bonchev–Trinajstić information content (AvgIpc) is 2.24. The predicted octanol–water partition coefficient (Wildman–Crippen LogP) is 5.09. The number of hydrogen-bond donors (Lipinski definition) is 0. The van der Waals surface area contributed by atoms with Crippen molar-refractivity contribution in [3.63, 3.8) is 0 Å². The minimum Gasteiger partial charge on any atom is -0.147 e. The second-order valence-corrected chi connectivity index (χ2v) is 5.69. The molecule has 0 amide bonds. The fourth-order valence-corrected chi connectivity index (χ4v) is 3.38. The Bertz CT molecular complexity index is 107. The largest absolute Gasteiger partial charge is 0.147 e. The normalized spacial score (nSPS) is 44.8. The molecule has 15 heavy (non-hydrogen) atoms. The Morgan fingerprint density at radius 1 is 0.467 bits per heavy atom. The molecular weight excluding hydrogens is 344 g/mol. The van der Waals surface area contributed by atoms with Gasteiger partial charge in [0.15, 0.2) is 0 Å². The lowest BCUT2D eigenvalue weighted by Gasteiger charge is -2.37. The van der Waals surface area contributed by atoms with E-state index >= 15 is 0 Å². The van der Waals surface area contributed by atoms with Gasteiger partial charge < -0.3 is 0 Å². The van der Waals surface area contributed by atoms with Gasteiger partial charge in [0.25, 0.3) is 0 Å². The molecule has 0 unspecified atom stereocenters. The van der Waals surface area contributed by atoms with Gasteiger partial charge in [-0.2, -0.15) is 0 Å². The van der Waals surface area contributed by atoms with E-state index in [-0.39, 0.29) is 12.4 Å². The van der Waals surface area contributed by atoms with E-state index in [9.17, 15) is 0 Å². The highest BCUT2D eigenvalue weighted by atomic mass is 35.5. The first-order valence-corrected chi connectivity index (χ1v) is 6.93. The van der Waals surface area contributed by atoms with Crippen molar-refractivity contribution in [1.29, 1.82) is 0 Å². The number of alkyl halides is 6. The SMILES string of the molecule is CC.Cl.Cl[C@H]1[C@H](Cl)[C@@H](Cl)[C@@H](Cl)[C@H](Cl)[C@H]1Cl. The van der Waals surface area contributed by atoms with Crippen LogP contribution < -0.4 is 0 Å². The molecule has 0 spiro atoms.